The topological polar surface area (TPSA) is 78.9 Å². The fraction of sp³-hybridized carbons (Fsp3) is 0.729. The van der Waals surface area contributed by atoms with Gasteiger partial charge in [0.25, 0.3) is 0 Å². The molecular weight excluding hydrogens is 937 g/mol. The van der Waals surface area contributed by atoms with Gasteiger partial charge in [-0.05, 0) is 103 Å². The van der Waals surface area contributed by atoms with Crippen LogP contribution in [0, 0.1) is 0 Å². The van der Waals surface area contributed by atoms with Crippen molar-refractivity contribution in [2.24, 2.45) is 0 Å². The van der Waals surface area contributed by atoms with Crippen LogP contribution in [0.25, 0.3) is 0 Å². The highest BCUT2D eigenvalue weighted by Crippen LogP contribution is 2.16. The predicted molar refractivity (Wildman–Crippen MR) is 330 cm³/mol. The molecular formula is C70H120O6. The van der Waals surface area contributed by atoms with Crippen LogP contribution in [-0.2, 0) is 28.6 Å². The second-order valence-corrected chi connectivity index (χ2v) is 21.3. The average molecular weight is 1060 g/mol. The van der Waals surface area contributed by atoms with E-state index in [2.05, 4.69) is 118 Å². The van der Waals surface area contributed by atoms with Gasteiger partial charge >= 0.3 is 17.9 Å². The van der Waals surface area contributed by atoms with E-state index in [0.717, 1.165) is 122 Å². The van der Waals surface area contributed by atoms with Gasteiger partial charge in [0.05, 0.1) is 0 Å². The average Bonchev–Trinajstić information content (AvgIpc) is 3.42. The van der Waals surface area contributed by atoms with Crippen LogP contribution in [0.15, 0.2) is 97.2 Å². The molecule has 0 bridgehead atoms. The number of esters is 3. The zero-order valence-corrected chi connectivity index (χ0v) is 50.0. The molecule has 0 fully saturated rings. The monoisotopic (exact) mass is 1060 g/mol. The number of unbranched alkanes of at least 4 members (excludes halogenated alkanes) is 31. The smallest absolute Gasteiger partial charge is 0.306 e. The van der Waals surface area contributed by atoms with Gasteiger partial charge in [0, 0.05) is 19.3 Å². The molecule has 1 unspecified atom stereocenters. The van der Waals surface area contributed by atoms with E-state index in [0.29, 0.717) is 19.3 Å². The van der Waals surface area contributed by atoms with Crippen LogP contribution >= 0.6 is 0 Å². The Morgan fingerprint density at radius 3 is 0.829 bits per heavy atom. The maximum atomic E-state index is 12.9. The Hall–Kier alpha value is -3.67. The molecule has 0 spiro atoms. The van der Waals surface area contributed by atoms with E-state index in [4.69, 9.17) is 14.2 Å². The molecule has 0 saturated heterocycles. The van der Waals surface area contributed by atoms with Crippen molar-refractivity contribution in [2.45, 2.75) is 316 Å². The molecule has 0 N–H and O–H groups in total. The minimum atomic E-state index is -0.790. The molecule has 0 radical (unpaired) electrons. The van der Waals surface area contributed by atoms with E-state index >= 15 is 0 Å². The van der Waals surface area contributed by atoms with Gasteiger partial charge in [0.2, 0.25) is 0 Å². The number of carbonyl (C=O) groups is 3. The number of ether oxygens (including phenoxy) is 3. The summed E-state index contributed by atoms with van der Waals surface area (Å²) in [6.45, 7) is 6.51. The van der Waals surface area contributed by atoms with Crippen LogP contribution in [0.1, 0.15) is 310 Å². The Kier molecular flexibility index (Phi) is 60.8. The molecule has 0 saturated carbocycles. The Labute approximate surface area is 470 Å². The van der Waals surface area contributed by atoms with Crippen LogP contribution in [0.2, 0.25) is 0 Å². The molecule has 6 heteroatoms. The minimum Gasteiger partial charge on any atom is -0.462 e. The Bertz CT molecular complexity index is 1490. The van der Waals surface area contributed by atoms with Crippen LogP contribution in [0.3, 0.4) is 0 Å². The molecule has 436 valence electrons. The van der Waals surface area contributed by atoms with Crippen LogP contribution in [0.5, 0.6) is 0 Å². The normalized spacial score (nSPS) is 12.7. The molecule has 0 aromatic rings. The lowest BCUT2D eigenvalue weighted by Crippen LogP contribution is -2.30. The Morgan fingerprint density at radius 1 is 0.276 bits per heavy atom. The molecule has 0 heterocycles. The summed E-state index contributed by atoms with van der Waals surface area (Å²) in [5, 5.41) is 0. The van der Waals surface area contributed by atoms with Gasteiger partial charge in [-0.15, -0.1) is 0 Å². The summed E-state index contributed by atoms with van der Waals surface area (Å²) in [6, 6.07) is 0. The molecule has 1 atom stereocenters. The number of allylic oxidation sites excluding steroid dienone is 16. The summed E-state index contributed by atoms with van der Waals surface area (Å²) >= 11 is 0. The zero-order valence-electron chi connectivity index (χ0n) is 50.0. The van der Waals surface area contributed by atoms with Gasteiger partial charge < -0.3 is 14.2 Å². The fourth-order valence-electron chi connectivity index (χ4n) is 9.01. The second-order valence-electron chi connectivity index (χ2n) is 21.3. The number of carbonyl (C=O) groups excluding carboxylic acids is 3. The van der Waals surface area contributed by atoms with Crippen molar-refractivity contribution in [3.63, 3.8) is 0 Å². The zero-order chi connectivity index (χ0) is 55.0. The fourth-order valence-corrected chi connectivity index (χ4v) is 9.01. The number of hydrogen-bond acceptors (Lipinski definition) is 6. The lowest BCUT2D eigenvalue weighted by Gasteiger charge is -2.18. The molecule has 0 rings (SSSR count). The molecule has 0 amide bonds. The largest absolute Gasteiger partial charge is 0.462 e. The SMILES string of the molecule is CC/C=C\C/C=C\C/C=C\C/C=C\C/C=C\CCCCCCCCCC(=O)OCC(COC(=O)CCCCCCCCCCCCCCCCCC)OC(=O)CCCCCCCC/C=C\C/C=C\C/C=C\CCCCC. The van der Waals surface area contributed by atoms with Crippen LogP contribution < -0.4 is 0 Å². The van der Waals surface area contributed by atoms with Crippen molar-refractivity contribution >= 4 is 17.9 Å². The molecule has 0 aliphatic heterocycles. The predicted octanol–water partition coefficient (Wildman–Crippen LogP) is 22.0. The standard InChI is InChI=1S/C70H120O6/c1-4-7-10-13-16-19-22-25-28-31-33-34-35-36-38-39-42-45-48-51-54-57-60-63-69(72)75-66-67(65-74-68(71)62-59-56-53-50-47-44-41-30-27-24-21-18-15-12-9-6-3)76-70(73)64-61-58-55-52-49-46-43-40-37-32-29-26-23-20-17-14-11-8-5-2/h7,10,16-17,19-20,25-26,28-29,33-34,36-38,40,67H,4-6,8-9,11-15,18,21-24,27,30-32,35,39,41-66H2,1-3H3/b10-7-,19-16-,20-17-,28-25-,29-26-,34-33-,38-36-,40-37-. The minimum absolute atomic E-state index is 0.0843. The Balaban J connectivity index is 4.41. The molecule has 0 aliphatic rings. The maximum absolute atomic E-state index is 12.9. The first-order valence-electron chi connectivity index (χ1n) is 32.2. The van der Waals surface area contributed by atoms with Gasteiger partial charge in [-0.2, -0.15) is 0 Å². The van der Waals surface area contributed by atoms with Crippen molar-refractivity contribution in [1.29, 1.82) is 0 Å². The van der Waals surface area contributed by atoms with Crippen molar-refractivity contribution in [3.05, 3.63) is 97.2 Å². The van der Waals surface area contributed by atoms with E-state index in [-0.39, 0.29) is 31.1 Å². The van der Waals surface area contributed by atoms with E-state index in [1.165, 1.54) is 148 Å². The summed E-state index contributed by atoms with van der Waals surface area (Å²) < 4.78 is 16.9. The summed E-state index contributed by atoms with van der Waals surface area (Å²) in [4.78, 5) is 38.4. The lowest BCUT2D eigenvalue weighted by atomic mass is 10.0. The third-order valence-electron chi connectivity index (χ3n) is 13.8. The van der Waals surface area contributed by atoms with Gasteiger partial charge in [-0.1, -0.05) is 285 Å². The molecule has 6 nitrogen and oxygen atoms in total. The maximum Gasteiger partial charge on any atom is 0.306 e. The summed E-state index contributed by atoms with van der Waals surface area (Å²) in [5.41, 5.74) is 0. The van der Waals surface area contributed by atoms with Gasteiger partial charge in [-0.3, -0.25) is 14.4 Å². The summed E-state index contributed by atoms with van der Waals surface area (Å²) in [6.07, 6.45) is 85.4. The van der Waals surface area contributed by atoms with Crippen LogP contribution in [0.4, 0.5) is 0 Å². The highest BCUT2D eigenvalue weighted by atomic mass is 16.6. The van der Waals surface area contributed by atoms with Crippen molar-refractivity contribution in [3.8, 4) is 0 Å². The van der Waals surface area contributed by atoms with E-state index in [9.17, 15) is 14.4 Å². The molecule has 0 aromatic heterocycles. The lowest BCUT2D eigenvalue weighted by molar-refractivity contribution is -0.167. The third-order valence-corrected chi connectivity index (χ3v) is 13.8. The Morgan fingerprint density at radius 2 is 0.513 bits per heavy atom. The van der Waals surface area contributed by atoms with Crippen LogP contribution in [-0.4, -0.2) is 37.2 Å². The molecule has 0 aromatic carbocycles. The summed E-state index contributed by atoms with van der Waals surface area (Å²) in [7, 11) is 0. The van der Waals surface area contributed by atoms with E-state index in [1.54, 1.807) is 0 Å². The van der Waals surface area contributed by atoms with Crippen molar-refractivity contribution in [1.82, 2.24) is 0 Å². The first-order valence-corrected chi connectivity index (χ1v) is 32.2. The van der Waals surface area contributed by atoms with E-state index < -0.39 is 6.10 Å². The number of rotatable bonds is 58. The summed E-state index contributed by atoms with van der Waals surface area (Å²) in [5.74, 6) is -0.896. The first kappa shape index (κ1) is 72.3. The number of hydrogen-bond donors (Lipinski definition) is 0. The first-order chi connectivity index (χ1) is 37.5. The van der Waals surface area contributed by atoms with Crippen molar-refractivity contribution < 1.29 is 28.6 Å². The van der Waals surface area contributed by atoms with Crippen molar-refractivity contribution in [2.75, 3.05) is 13.2 Å². The molecule has 76 heavy (non-hydrogen) atoms. The molecule has 0 aliphatic carbocycles. The highest BCUT2D eigenvalue weighted by Gasteiger charge is 2.19. The quantitative estimate of drug-likeness (QED) is 0.0261. The van der Waals surface area contributed by atoms with Gasteiger partial charge in [-0.25, -0.2) is 0 Å². The second kappa shape index (κ2) is 63.9. The van der Waals surface area contributed by atoms with E-state index in [1.807, 2.05) is 0 Å². The highest BCUT2D eigenvalue weighted by molar-refractivity contribution is 5.71. The van der Waals surface area contributed by atoms with Gasteiger partial charge in [0.1, 0.15) is 13.2 Å². The third kappa shape index (κ3) is 61.2. The van der Waals surface area contributed by atoms with Gasteiger partial charge in [0.15, 0.2) is 6.10 Å².